The van der Waals surface area contributed by atoms with Crippen molar-refractivity contribution in [2.45, 2.75) is 11.4 Å². The van der Waals surface area contributed by atoms with Crippen LogP contribution in [0.5, 0.6) is 5.75 Å². The number of ether oxygens (including phenoxy) is 1. The molecule has 2 aromatic carbocycles. The van der Waals surface area contributed by atoms with Crippen LogP contribution in [0.4, 0.5) is 4.39 Å². The minimum atomic E-state index is -4.16. The Labute approximate surface area is 178 Å². The maximum absolute atomic E-state index is 13.1. The van der Waals surface area contributed by atoms with Crippen LogP contribution in [0.2, 0.25) is 0 Å². The lowest BCUT2D eigenvalue weighted by atomic mass is 10.2. The highest BCUT2D eigenvalue weighted by Gasteiger charge is 2.22. The van der Waals surface area contributed by atoms with Crippen LogP contribution in [0.25, 0.3) is 0 Å². The van der Waals surface area contributed by atoms with Gasteiger partial charge in [-0.25, -0.2) is 4.39 Å². The topological polar surface area (TPSA) is 72.9 Å². The molecule has 0 aliphatic heterocycles. The molecular weight excluding hydrogens is 429 g/mol. The van der Waals surface area contributed by atoms with Gasteiger partial charge < -0.3 is 13.8 Å². The molecule has 0 saturated carbocycles. The standard InChI is InChI=1S/C21H20FNO5S2/c1-27-13-12-23(21(24)20-7-4-14-29-20)15-16-5-2-3-6-19(16)28-30(25,26)18-10-8-17(22)9-11-18/h2-11,14H,12-13,15H2,1H3. The Morgan fingerprint density at radius 1 is 1.07 bits per heavy atom. The Bertz CT molecular complexity index is 1080. The first-order chi connectivity index (χ1) is 14.4. The lowest BCUT2D eigenvalue weighted by Gasteiger charge is -2.23. The third-order valence-corrected chi connectivity index (χ3v) is 6.33. The van der Waals surface area contributed by atoms with Crippen molar-refractivity contribution < 1.29 is 26.5 Å². The fraction of sp³-hybridized carbons (Fsp3) is 0.190. The molecule has 158 valence electrons. The Kier molecular flexibility index (Phi) is 7.20. The van der Waals surface area contributed by atoms with Gasteiger partial charge in [0.15, 0.2) is 0 Å². The number of carbonyl (C=O) groups excluding carboxylic acids is 1. The zero-order valence-electron chi connectivity index (χ0n) is 16.2. The van der Waals surface area contributed by atoms with Gasteiger partial charge in [-0.2, -0.15) is 8.42 Å². The third kappa shape index (κ3) is 5.44. The molecule has 9 heteroatoms. The molecule has 0 atom stereocenters. The van der Waals surface area contributed by atoms with Crippen LogP contribution in [0, 0.1) is 5.82 Å². The summed E-state index contributed by atoms with van der Waals surface area (Å²) in [6, 6.07) is 14.5. The SMILES string of the molecule is COCCN(Cc1ccccc1OS(=O)(=O)c1ccc(F)cc1)C(=O)c1cccs1. The summed E-state index contributed by atoms with van der Waals surface area (Å²) in [5.41, 5.74) is 0.518. The van der Waals surface area contributed by atoms with Crippen molar-refractivity contribution in [3.63, 3.8) is 0 Å². The second kappa shape index (κ2) is 9.84. The summed E-state index contributed by atoms with van der Waals surface area (Å²) < 4.78 is 48.7. The summed E-state index contributed by atoms with van der Waals surface area (Å²) in [6.07, 6.45) is 0. The number of para-hydroxylation sites is 1. The number of thiophene rings is 1. The molecule has 0 N–H and O–H groups in total. The van der Waals surface area contributed by atoms with Crippen LogP contribution >= 0.6 is 11.3 Å². The first-order valence-corrected chi connectivity index (χ1v) is 11.3. The van der Waals surface area contributed by atoms with Gasteiger partial charge in [-0.1, -0.05) is 24.3 Å². The van der Waals surface area contributed by atoms with Crippen molar-refractivity contribution in [2.75, 3.05) is 20.3 Å². The molecular formula is C21H20FNO5S2. The summed E-state index contributed by atoms with van der Waals surface area (Å²) in [5.74, 6) is -0.628. The quantitative estimate of drug-likeness (QED) is 0.463. The minimum Gasteiger partial charge on any atom is -0.383 e. The first kappa shape index (κ1) is 21.9. The van der Waals surface area contributed by atoms with Crippen LogP contribution < -0.4 is 4.18 Å². The van der Waals surface area contributed by atoms with E-state index in [9.17, 15) is 17.6 Å². The van der Waals surface area contributed by atoms with Crippen LogP contribution in [-0.2, 0) is 21.4 Å². The molecule has 0 fully saturated rings. The van der Waals surface area contributed by atoms with Gasteiger partial charge in [0.05, 0.1) is 11.5 Å². The van der Waals surface area contributed by atoms with Crippen LogP contribution in [-0.4, -0.2) is 39.5 Å². The Morgan fingerprint density at radius 2 is 1.80 bits per heavy atom. The number of halogens is 1. The smallest absolute Gasteiger partial charge is 0.339 e. The number of hydrogen-bond donors (Lipinski definition) is 0. The number of nitrogens with zero attached hydrogens (tertiary/aromatic N) is 1. The normalized spacial score (nSPS) is 11.3. The number of hydrogen-bond acceptors (Lipinski definition) is 6. The van der Waals surface area contributed by atoms with E-state index in [-0.39, 0.29) is 23.1 Å². The maximum atomic E-state index is 13.1. The Morgan fingerprint density at radius 3 is 2.47 bits per heavy atom. The predicted molar refractivity (Wildman–Crippen MR) is 112 cm³/mol. The van der Waals surface area contributed by atoms with Crippen molar-refractivity contribution in [3.05, 3.63) is 82.3 Å². The molecule has 0 radical (unpaired) electrons. The number of benzene rings is 2. The molecule has 1 aromatic heterocycles. The number of rotatable bonds is 9. The molecule has 6 nitrogen and oxygen atoms in total. The van der Waals surface area contributed by atoms with E-state index in [1.165, 1.54) is 17.4 Å². The van der Waals surface area contributed by atoms with E-state index in [4.69, 9.17) is 8.92 Å². The van der Waals surface area contributed by atoms with E-state index in [2.05, 4.69) is 0 Å². The minimum absolute atomic E-state index is 0.100. The molecule has 30 heavy (non-hydrogen) atoms. The average molecular weight is 450 g/mol. The molecule has 0 saturated heterocycles. The zero-order chi connectivity index (χ0) is 21.6. The van der Waals surface area contributed by atoms with E-state index in [1.54, 1.807) is 42.3 Å². The lowest BCUT2D eigenvalue weighted by molar-refractivity contribution is 0.0684. The van der Waals surface area contributed by atoms with Crippen LogP contribution in [0.3, 0.4) is 0 Å². The molecule has 0 unspecified atom stereocenters. The summed E-state index contributed by atoms with van der Waals surface area (Å²) >= 11 is 1.33. The molecule has 0 spiro atoms. The van der Waals surface area contributed by atoms with Crippen molar-refractivity contribution in [3.8, 4) is 5.75 Å². The second-order valence-electron chi connectivity index (χ2n) is 6.30. The van der Waals surface area contributed by atoms with Gasteiger partial charge in [-0.05, 0) is 41.8 Å². The maximum Gasteiger partial charge on any atom is 0.339 e. The largest absolute Gasteiger partial charge is 0.383 e. The predicted octanol–water partition coefficient (Wildman–Crippen LogP) is 3.94. The van der Waals surface area contributed by atoms with E-state index >= 15 is 0 Å². The Hall–Kier alpha value is -2.75. The molecule has 0 bridgehead atoms. The highest BCUT2D eigenvalue weighted by molar-refractivity contribution is 7.87. The van der Waals surface area contributed by atoms with Gasteiger partial charge in [0.1, 0.15) is 16.5 Å². The van der Waals surface area contributed by atoms with Gasteiger partial charge in [-0.15, -0.1) is 11.3 Å². The molecule has 0 aliphatic rings. The highest BCUT2D eigenvalue weighted by atomic mass is 32.2. The number of amides is 1. The number of methoxy groups -OCH3 is 1. The molecule has 3 aromatic rings. The van der Waals surface area contributed by atoms with E-state index in [0.717, 1.165) is 24.3 Å². The van der Waals surface area contributed by atoms with Crippen LogP contribution in [0.15, 0.2) is 70.9 Å². The number of carbonyl (C=O) groups is 1. The van der Waals surface area contributed by atoms with Crippen molar-refractivity contribution in [2.24, 2.45) is 0 Å². The third-order valence-electron chi connectivity index (χ3n) is 4.22. The monoisotopic (exact) mass is 449 g/mol. The van der Waals surface area contributed by atoms with Crippen molar-refractivity contribution >= 4 is 27.4 Å². The molecule has 1 heterocycles. The average Bonchev–Trinajstić information content (AvgIpc) is 3.27. The molecule has 0 aliphatic carbocycles. The Balaban J connectivity index is 1.85. The van der Waals surface area contributed by atoms with Gasteiger partial charge in [0.2, 0.25) is 0 Å². The van der Waals surface area contributed by atoms with Gasteiger partial charge in [0.25, 0.3) is 5.91 Å². The molecule has 3 rings (SSSR count). The highest BCUT2D eigenvalue weighted by Crippen LogP contribution is 2.25. The van der Waals surface area contributed by atoms with Crippen LogP contribution in [0.1, 0.15) is 15.2 Å². The molecule has 1 amide bonds. The van der Waals surface area contributed by atoms with Crippen molar-refractivity contribution in [1.82, 2.24) is 4.90 Å². The van der Waals surface area contributed by atoms with E-state index < -0.39 is 15.9 Å². The second-order valence-corrected chi connectivity index (χ2v) is 8.79. The summed E-state index contributed by atoms with van der Waals surface area (Å²) in [4.78, 5) is 14.8. The fourth-order valence-corrected chi connectivity index (χ4v) is 4.35. The van der Waals surface area contributed by atoms with Crippen molar-refractivity contribution in [1.29, 1.82) is 0 Å². The summed E-state index contributed by atoms with van der Waals surface area (Å²) in [5, 5.41) is 1.81. The van der Waals surface area contributed by atoms with Gasteiger partial charge >= 0.3 is 10.1 Å². The first-order valence-electron chi connectivity index (χ1n) is 9.00. The lowest BCUT2D eigenvalue weighted by Crippen LogP contribution is -2.33. The van der Waals surface area contributed by atoms with Gasteiger partial charge in [0, 0.05) is 25.8 Å². The van der Waals surface area contributed by atoms with E-state index in [1.807, 2.05) is 5.38 Å². The van der Waals surface area contributed by atoms with Gasteiger partial charge in [-0.3, -0.25) is 4.79 Å². The summed E-state index contributed by atoms with van der Waals surface area (Å²) in [6.45, 7) is 0.787. The summed E-state index contributed by atoms with van der Waals surface area (Å²) in [7, 11) is -2.62. The zero-order valence-corrected chi connectivity index (χ0v) is 17.8. The fourth-order valence-electron chi connectivity index (χ4n) is 2.70. The van der Waals surface area contributed by atoms with E-state index in [0.29, 0.717) is 23.6 Å².